The van der Waals surface area contributed by atoms with Crippen LogP contribution in [-0.4, -0.2) is 62.7 Å². The van der Waals surface area contributed by atoms with E-state index in [-0.39, 0.29) is 11.9 Å². The normalized spacial score (nSPS) is 13.8. The molecule has 0 aliphatic carbocycles. The average molecular weight is 455 g/mol. The quantitative estimate of drug-likeness (QED) is 0.507. The molecule has 0 bridgehead atoms. The molecule has 3 heterocycles. The van der Waals surface area contributed by atoms with Crippen LogP contribution in [0, 0.1) is 13.8 Å². The molecule has 172 valence electrons. The Morgan fingerprint density at radius 3 is 2.32 bits per heavy atom. The zero-order valence-electron chi connectivity index (χ0n) is 19.2. The molecular weight excluding hydrogens is 428 g/mol. The summed E-state index contributed by atoms with van der Waals surface area (Å²) in [6.07, 6.45) is 0. The predicted molar refractivity (Wildman–Crippen MR) is 131 cm³/mol. The molecule has 3 amide bonds. The van der Waals surface area contributed by atoms with Gasteiger partial charge in [0.05, 0.1) is 11.4 Å². The molecule has 8 nitrogen and oxygen atoms in total. The molecule has 8 heteroatoms. The number of aromatic nitrogens is 3. The summed E-state index contributed by atoms with van der Waals surface area (Å²) in [5.74, 6) is -0.140. The molecule has 1 aliphatic rings. The largest absolute Gasteiger partial charge is 0.334 e. The fraction of sp³-hybridized carbons (Fsp3) is 0.231. The molecule has 0 saturated carbocycles. The molecule has 2 aromatic carbocycles. The minimum Gasteiger partial charge on any atom is -0.334 e. The van der Waals surface area contributed by atoms with Crippen LogP contribution in [0.5, 0.6) is 0 Å². The predicted octanol–water partition coefficient (Wildman–Crippen LogP) is 4.03. The van der Waals surface area contributed by atoms with E-state index in [9.17, 15) is 9.59 Å². The lowest BCUT2D eigenvalue weighted by molar-refractivity contribution is 0.0666. The van der Waals surface area contributed by atoms with Gasteiger partial charge in [-0.3, -0.25) is 4.79 Å². The Balaban J connectivity index is 1.29. The number of fused-ring (bicyclic) bond motifs is 1. The fourth-order valence-electron chi connectivity index (χ4n) is 4.21. The molecule has 0 radical (unpaired) electrons. The number of carbonyl (C=O) groups is 2. The maximum Gasteiger partial charge on any atom is 0.321 e. The average Bonchev–Trinajstić information content (AvgIpc) is 3.20. The molecular formula is C26H26N6O2. The lowest BCUT2D eigenvalue weighted by Gasteiger charge is -2.34. The second-order valence-electron chi connectivity index (χ2n) is 8.48. The van der Waals surface area contributed by atoms with Gasteiger partial charge in [-0.2, -0.15) is 5.10 Å². The lowest BCUT2D eigenvalue weighted by Crippen LogP contribution is -2.51. The Bertz CT molecular complexity index is 1360. The zero-order valence-corrected chi connectivity index (χ0v) is 19.2. The van der Waals surface area contributed by atoms with Crippen molar-refractivity contribution >= 4 is 28.7 Å². The number of urea groups is 1. The Kier molecular flexibility index (Phi) is 5.71. The van der Waals surface area contributed by atoms with Gasteiger partial charge in [0.25, 0.3) is 5.91 Å². The van der Waals surface area contributed by atoms with Crippen LogP contribution in [0.4, 0.5) is 10.5 Å². The van der Waals surface area contributed by atoms with Crippen LogP contribution < -0.4 is 5.32 Å². The number of nitrogens with zero attached hydrogens (tertiary/aromatic N) is 5. The van der Waals surface area contributed by atoms with E-state index in [0.29, 0.717) is 37.5 Å². The van der Waals surface area contributed by atoms with Crippen LogP contribution in [0.15, 0.2) is 66.7 Å². The highest BCUT2D eigenvalue weighted by Gasteiger charge is 2.26. The Morgan fingerprint density at radius 1 is 0.853 bits per heavy atom. The van der Waals surface area contributed by atoms with E-state index in [4.69, 9.17) is 0 Å². The number of benzene rings is 2. The first kappa shape index (κ1) is 21.6. The first-order valence-corrected chi connectivity index (χ1v) is 11.3. The zero-order chi connectivity index (χ0) is 23.7. The number of nitrogens with one attached hydrogen (secondary N) is 1. The molecule has 1 aliphatic heterocycles. The first-order chi connectivity index (χ1) is 16.5. The highest BCUT2D eigenvalue weighted by atomic mass is 16.2. The SMILES string of the molecule is Cc1cccc(NC(=O)N2CCN(C(=O)c3ccc4c(C)nn(-c5ccccc5)c4n3)CC2)c1. The van der Waals surface area contributed by atoms with Crippen LogP contribution in [0.1, 0.15) is 21.7 Å². The van der Waals surface area contributed by atoms with Gasteiger partial charge in [-0.1, -0.05) is 30.3 Å². The second kappa shape index (κ2) is 8.97. The van der Waals surface area contributed by atoms with Gasteiger partial charge in [-0.25, -0.2) is 14.5 Å². The number of piperazine rings is 1. The third kappa shape index (κ3) is 4.22. The summed E-state index contributed by atoms with van der Waals surface area (Å²) in [6.45, 7) is 5.76. The fourth-order valence-corrected chi connectivity index (χ4v) is 4.21. The van der Waals surface area contributed by atoms with E-state index in [1.807, 2.05) is 74.5 Å². The van der Waals surface area contributed by atoms with Crippen molar-refractivity contribution in [3.05, 3.63) is 83.7 Å². The van der Waals surface area contributed by atoms with Gasteiger partial charge in [0.2, 0.25) is 0 Å². The van der Waals surface area contributed by atoms with Crippen LogP contribution in [-0.2, 0) is 0 Å². The lowest BCUT2D eigenvalue weighted by atomic mass is 10.2. The number of hydrogen-bond donors (Lipinski definition) is 1. The van der Waals surface area contributed by atoms with Crippen molar-refractivity contribution in [3.63, 3.8) is 0 Å². The molecule has 2 aromatic heterocycles. The van der Waals surface area contributed by atoms with Gasteiger partial charge >= 0.3 is 6.03 Å². The maximum absolute atomic E-state index is 13.2. The van der Waals surface area contributed by atoms with E-state index >= 15 is 0 Å². The molecule has 0 unspecified atom stereocenters. The summed E-state index contributed by atoms with van der Waals surface area (Å²) >= 11 is 0. The molecule has 1 saturated heterocycles. The number of para-hydroxylation sites is 1. The Hall–Kier alpha value is -4.20. The number of amides is 3. The number of anilines is 1. The van der Waals surface area contributed by atoms with E-state index in [0.717, 1.165) is 28.0 Å². The van der Waals surface area contributed by atoms with Gasteiger partial charge in [0.15, 0.2) is 5.65 Å². The second-order valence-corrected chi connectivity index (χ2v) is 8.48. The summed E-state index contributed by atoms with van der Waals surface area (Å²) in [4.78, 5) is 34.0. The monoisotopic (exact) mass is 454 g/mol. The van der Waals surface area contributed by atoms with Gasteiger partial charge in [0.1, 0.15) is 5.69 Å². The molecule has 4 aromatic rings. The van der Waals surface area contributed by atoms with E-state index < -0.39 is 0 Å². The number of rotatable bonds is 3. The molecule has 0 spiro atoms. The smallest absolute Gasteiger partial charge is 0.321 e. The minimum atomic E-state index is -0.153. The van der Waals surface area contributed by atoms with Crippen molar-refractivity contribution in [2.45, 2.75) is 13.8 Å². The van der Waals surface area contributed by atoms with Crippen LogP contribution in [0.3, 0.4) is 0 Å². The third-order valence-corrected chi connectivity index (χ3v) is 6.06. The van der Waals surface area contributed by atoms with E-state index in [1.54, 1.807) is 20.5 Å². The van der Waals surface area contributed by atoms with Crippen molar-refractivity contribution in [2.75, 3.05) is 31.5 Å². The molecule has 34 heavy (non-hydrogen) atoms. The summed E-state index contributed by atoms with van der Waals surface area (Å²) in [7, 11) is 0. The van der Waals surface area contributed by atoms with Crippen molar-refractivity contribution in [2.24, 2.45) is 0 Å². The standard InChI is InChI=1S/C26H26N6O2/c1-18-7-6-8-20(17-18)27-26(34)31-15-13-30(14-16-31)25(33)23-12-11-22-19(2)29-32(24(22)28-23)21-9-4-3-5-10-21/h3-12,17H,13-16H2,1-2H3,(H,27,34). The summed E-state index contributed by atoms with van der Waals surface area (Å²) in [5, 5.41) is 8.47. The van der Waals surface area contributed by atoms with Crippen LogP contribution >= 0.6 is 0 Å². The van der Waals surface area contributed by atoms with Crippen molar-refractivity contribution in [1.82, 2.24) is 24.6 Å². The van der Waals surface area contributed by atoms with Crippen molar-refractivity contribution < 1.29 is 9.59 Å². The molecule has 1 N–H and O–H groups in total. The summed E-state index contributed by atoms with van der Waals surface area (Å²) in [5.41, 5.74) is 4.64. The van der Waals surface area contributed by atoms with Crippen molar-refractivity contribution in [1.29, 1.82) is 0 Å². The topological polar surface area (TPSA) is 83.4 Å². The first-order valence-electron chi connectivity index (χ1n) is 11.3. The highest BCUT2D eigenvalue weighted by molar-refractivity contribution is 5.95. The highest BCUT2D eigenvalue weighted by Crippen LogP contribution is 2.21. The van der Waals surface area contributed by atoms with Crippen LogP contribution in [0.25, 0.3) is 16.7 Å². The minimum absolute atomic E-state index is 0.140. The Morgan fingerprint density at radius 2 is 1.59 bits per heavy atom. The summed E-state index contributed by atoms with van der Waals surface area (Å²) < 4.78 is 1.77. The number of hydrogen-bond acceptors (Lipinski definition) is 4. The van der Waals surface area contributed by atoms with Gasteiger partial charge in [-0.05, 0) is 55.8 Å². The van der Waals surface area contributed by atoms with E-state index in [1.165, 1.54) is 0 Å². The van der Waals surface area contributed by atoms with Gasteiger partial charge < -0.3 is 15.1 Å². The van der Waals surface area contributed by atoms with E-state index in [2.05, 4.69) is 15.4 Å². The summed E-state index contributed by atoms with van der Waals surface area (Å²) in [6, 6.07) is 21.0. The van der Waals surface area contributed by atoms with Gasteiger partial charge in [0, 0.05) is 37.3 Å². The Labute approximate surface area is 197 Å². The number of pyridine rings is 1. The molecule has 5 rings (SSSR count). The third-order valence-electron chi connectivity index (χ3n) is 6.06. The van der Waals surface area contributed by atoms with Crippen molar-refractivity contribution in [3.8, 4) is 5.69 Å². The van der Waals surface area contributed by atoms with Gasteiger partial charge in [-0.15, -0.1) is 0 Å². The van der Waals surface area contributed by atoms with Crippen LogP contribution in [0.2, 0.25) is 0 Å². The maximum atomic E-state index is 13.2. The number of carbonyl (C=O) groups excluding carboxylic acids is 2. The number of aryl methyl sites for hydroxylation is 2. The molecule has 0 atom stereocenters. The molecule has 1 fully saturated rings.